The highest BCUT2D eigenvalue weighted by Gasteiger charge is 2.29. The Balaban J connectivity index is 2.20. The van der Waals surface area contributed by atoms with Crippen molar-refractivity contribution >= 4 is 28.0 Å². The van der Waals surface area contributed by atoms with E-state index in [1.54, 1.807) is 26.2 Å². The van der Waals surface area contributed by atoms with E-state index in [1.165, 1.54) is 41.5 Å². The van der Waals surface area contributed by atoms with Gasteiger partial charge in [0.1, 0.15) is 10.6 Å². The van der Waals surface area contributed by atoms with Crippen LogP contribution in [0.5, 0.6) is 5.75 Å². The molecule has 0 unspecified atom stereocenters. The largest absolute Gasteiger partial charge is 0.495 e. The van der Waals surface area contributed by atoms with Crippen molar-refractivity contribution < 1.29 is 27.5 Å². The molecule has 0 aromatic heterocycles. The van der Waals surface area contributed by atoms with Crippen molar-refractivity contribution in [3.05, 3.63) is 29.8 Å². The maximum atomic E-state index is 13.0. The van der Waals surface area contributed by atoms with Crippen molar-refractivity contribution in [3.63, 3.8) is 0 Å². The van der Waals surface area contributed by atoms with E-state index in [0.29, 0.717) is 18.7 Å². The van der Waals surface area contributed by atoms with Crippen LogP contribution in [-0.2, 0) is 24.3 Å². The molecule has 2 rings (SSSR count). The van der Waals surface area contributed by atoms with Gasteiger partial charge in [-0.15, -0.1) is 0 Å². The van der Waals surface area contributed by atoms with Crippen LogP contribution in [0, 0.1) is 0 Å². The molecule has 1 aliphatic rings. The number of carbonyl (C=O) groups is 2. The number of rotatable bonds is 7. The van der Waals surface area contributed by atoms with E-state index < -0.39 is 22.1 Å². The molecular weight excluding hydrogens is 396 g/mol. The number of nitrogens with zero attached hydrogens (tertiary/aromatic N) is 2. The first-order valence-corrected chi connectivity index (χ1v) is 10.9. The molecule has 1 amide bonds. The molecule has 8 nitrogen and oxygen atoms in total. The van der Waals surface area contributed by atoms with Crippen LogP contribution in [0.2, 0.25) is 0 Å². The second kappa shape index (κ2) is 9.89. The zero-order chi connectivity index (χ0) is 21.6. The molecular formula is C20H28N2O6S. The van der Waals surface area contributed by atoms with E-state index in [0.717, 1.165) is 19.3 Å². The van der Waals surface area contributed by atoms with Crippen LogP contribution in [0.25, 0.3) is 6.08 Å². The van der Waals surface area contributed by atoms with E-state index >= 15 is 0 Å². The lowest BCUT2D eigenvalue weighted by Crippen LogP contribution is -2.35. The maximum Gasteiger partial charge on any atom is 0.331 e. The molecule has 9 heteroatoms. The van der Waals surface area contributed by atoms with Gasteiger partial charge in [-0.05, 0) is 43.5 Å². The summed E-state index contributed by atoms with van der Waals surface area (Å²) in [5.74, 6) is -0.768. The molecule has 1 aromatic rings. The Morgan fingerprint density at radius 2 is 1.83 bits per heavy atom. The molecule has 0 saturated carbocycles. The first-order valence-electron chi connectivity index (χ1n) is 9.45. The van der Waals surface area contributed by atoms with Crippen LogP contribution in [0.15, 0.2) is 29.2 Å². The monoisotopic (exact) mass is 424 g/mol. The van der Waals surface area contributed by atoms with Crippen molar-refractivity contribution in [3.8, 4) is 5.75 Å². The number of esters is 1. The Morgan fingerprint density at radius 1 is 1.17 bits per heavy atom. The fraction of sp³-hybridized carbons (Fsp3) is 0.500. The average molecular weight is 425 g/mol. The highest BCUT2D eigenvalue weighted by Crippen LogP contribution is 2.30. The molecule has 1 saturated heterocycles. The second-order valence-electron chi connectivity index (χ2n) is 7.02. The minimum Gasteiger partial charge on any atom is -0.495 e. The molecule has 29 heavy (non-hydrogen) atoms. The first-order chi connectivity index (χ1) is 13.7. The van der Waals surface area contributed by atoms with E-state index in [-0.39, 0.29) is 16.6 Å². The molecule has 0 N–H and O–H groups in total. The lowest BCUT2D eigenvalue weighted by Gasteiger charge is -2.26. The number of piperidine rings is 1. The van der Waals surface area contributed by atoms with Gasteiger partial charge in [0.05, 0.1) is 7.11 Å². The SMILES string of the molecule is COc1ccc(/C=C/C(=O)O[C@H](C)C(=O)N(C)C)cc1S(=O)(=O)N1CCCCC1. The average Bonchev–Trinajstić information content (AvgIpc) is 2.71. The third-order valence-electron chi connectivity index (χ3n) is 4.61. The summed E-state index contributed by atoms with van der Waals surface area (Å²) in [4.78, 5) is 25.1. The molecule has 1 aromatic carbocycles. The van der Waals surface area contributed by atoms with Gasteiger partial charge in [0.25, 0.3) is 5.91 Å². The van der Waals surface area contributed by atoms with Gasteiger partial charge in [0.2, 0.25) is 10.0 Å². The Hall–Kier alpha value is -2.39. The fourth-order valence-electron chi connectivity index (χ4n) is 3.03. The molecule has 1 fully saturated rings. The van der Waals surface area contributed by atoms with Gasteiger partial charge in [-0.1, -0.05) is 12.5 Å². The minimum absolute atomic E-state index is 0.0635. The van der Waals surface area contributed by atoms with Crippen molar-refractivity contribution in [2.45, 2.75) is 37.2 Å². The van der Waals surface area contributed by atoms with E-state index in [1.807, 2.05) is 0 Å². The highest BCUT2D eigenvalue weighted by molar-refractivity contribution is 7.89. The van der Waals surface area contributed by atoms with Gasteiger partial charge >= 0.3 is 5.97 Å². The van der Waals surface area contributed by atoms with Crippen LogP contribution >= 0.6 is 0 Å². The van der Waals surface area contributed by atoms with Crippen molar-refractivity contribution in [1.82, 2.24) is 9.21 Å². The molecule has 1 heterocycles. The molecule has 1 aliphatic heterocycles. The van der Waals surface area contributed by atoms with Crippen LogP contribution in [0.1, 0.15) is 31.7 Å². The summed E-state index contributed by atoms with van der Waals surface area (Å²) in [5.41, 5.74) is 0.505. The van der Waals surface area contributed by atoms with Gasteiger partial charge in [-0.3, -0.25) is 4.79 Å². The predicted molar refractivity (Wildman–Crippen MR) is 109 cm³/mol. The zero-order valence-electron chi connectivity index (χ0n) is 17.3. The number of carbonyl (C=O) groups excluding carboxylic acids is 2. The van der Waals surface area contributed by atoms with Crippen molar-refractivity contribution in [2.75, 3.05) is 34.3 Å². The summed E-state index contributed by atoms with van der Waals surface area (Å²) in [5, 5.41) is 0. The number of ether oxygens (including phenoxy) is 2. The number of hydrogen-bond acceptors (Lipinski definition) is 6. The Bertz CT molecular complexity index is 873. The van der Waals surface area contributed by atoms with Crippen LogP contribution in [-0.4, -0.2) is 69.9 Å². The van der Waals surface area contributed by atoms with E-state index in [4.69, 9.17) is 9.47 Å². The number of likely N-dealkylation sites (N-methyl/N-ethyl adjacent to an activating group) is 1. The summed E-state index contributed by atoms with van der Waals surface area (Å²) in [6.07, 6.45) is 4.38. The number of hydrogen-bond donors (Lipinski definition) is 0. The third kappa shape index (κ3) is 5.80. The Morgan fingerprint density at radius 3 is 2.41 bits per heavy atom. The lowest BCUT2D eigenvalue weighted by molar-refractivity contribution is -0.153. The van der Waals surface area contributed by atoms with Crippen LogP contribution in [0.4, 0.5) is 0 Å². The molecule has 1 atom stereocenters. The van der Waals surface area contributed by atoms with E-state index in [9.17, 15) is 18.0 Å². The number of benzene rings is 1. The number of sulfonamides is 1. The summed E-state index contributed by atoms with van der Waals surface area (Å²) < 4.78 is 37.8. The maximum absolute atomic E-state index is 13.0. The number of methoxy groups -OCH3 is 1. The summed E-state index contributed by atoms with van der Waals surface area (Å²) in [7, 11) is 0.867. The van der Waals surface area contributed by atoms with Crippen LogP contribution < -0.4 is 4.74 Å². The third-order valence-corrected chi connectivity index (χ3v) is 6.53. The quantitative estimate of drug-likeness (QED) is 0.490. The standard InChI is InChI=1S/C20H28N2O6S/c1-15(20(24)21(2)3)28-19(23)11-9-16-8-10-17(27-4)18(14-16)29(25,26)22-12-6-5-7-13-22/h8-11,14-15H,5-7,12-13H2,1-4H3/b11-9+/t15-/m1/s1. The number of amides is 1. The van der Waals surface area contributed by atoms with Crippen molar-refractivity contribution in [2.24, 2.45) is 0 Å². The van der Waals surface area contributed by atoms with Gasteiger partial charge in [-0.25, -0.2) is 13.2 Å². The van der Waals surface area contributed by atoms with Gasteiger partial charge in [0, 0.05) is 33.3 Å². The lowest BCUT2D eigenvalue weighted by atomic mass is 10.2. The molecule has 160 valence electrons. The smallest absolute Gasteiger partial charge is 0.331 e. The zero-order valence-corrected chi connectivity index (χ0v) is 18.1. The normalized spacial score (nSPS) is 16.4. The summed E-state index contributed by atoms with van der Waals surface area (Å²) >= 11 is 0. The summed E-state index contributed by atoms with van der Waals surface area (Å²) in [6, 6.07) is 4.67. The van der Waals surface area contributed by atoms with Gasteiger partial charge in [-0.2, -0.15) is 4.31 Å². The molecule has 0 bridgehead atoms. The van der Waals surface area contributed by atoms with Gasteiger partial charge < -0.3 is 14.4 Å². The molecule has 0 spiro atoms. The Kier molecular flexibility index (Phi) is 7.80. The second-order valence-corrected chi connectivity index (χ2v) is 8.93. The van der Waals surface area contributed by atoms with E-state index in [2.05, 4.69) is 0 Å². The fourth-order valence-corrected chi connectivity index (χ4v) is 4.74. The Labute approximate surface area is 172 Å². The minimum atomic E-state index is -3.70. The predicted octanol–water partition coefficient (Wildman–Crippen LogP) is 1.90. The van der Waals surface area contributed by atoms with Crippen LogP contribution in [0.3, 0.4) is 0 Å². The van der Waals surface area contributed by atoms with Crippen molar-refractivity contribution in [1.29, 1.82) is 0 Å². The summed E-state index contributed by atoms with van der Waals surface area (Å²) in [6.45, 7) is 2.45. The molecule has 0 radical (unpaired) electrons. The highest BCUT2D eigenvalue weighted by atomic mass is 32.2. The topological polar surface area (TPSA) is 93.2 Å². The van der Waals surface area contributed by atoms with Gasteiger partial charge in [0.15, 0.2) is 6.10 Å². The first kappa shape index (κ1) is 22.9. The molecule has 0 aliphatic carbocycles.